The quantitative estimate of drug-likeness (QED) is 0.596. The van der Waals surface area contributed by atoms with E-state index in [-0.39, 0.29) is 11.3 Å². The Balaban J connectivity index is 2.37. The molecule has 0 aromatic carbocycles. The normalized spacial score (nSPS) is 37.2. The monoisotopic (exact) mass is 232 g/mol. The van der Waals surface area contributed by atoms with Crippen LogP contribution in [0.3, 0.4) is 0 Å². The van der Waals surface area contributed by atoms with Gasteiger partial charge in [-0.05, 0) is 12.3 Å². The zero-order valence-corrected chi connectivity index (χ0v) is 8.27. The molecule has 6 nitrogen and oxygen atoms in total. The van der Waals surface area contributed by atoms with Crippen molar-refractivity contribution < 1.29 is 28.2 Å². The molecule has 0 amide bonds. The molecule has 0 aromatic heterocycles. The van der Waals surface area contributed by atoms with Crippen molar-refractivity contribution in [1.29, 1.82) is 0 Å². The lowest BCUT2D eigenvalue weighted by atomic mass is 10.0. The summed E-state index contributed by atoms with van der Waals surface area (Å²) in [4.78, 5) is 21.5. The molecule has 0 radical (unpaired) electrons. The van der Waals surface area contributed by atoms with Crippen molar-refractivity contribution >= 4 is 27.1 Å². The topological polar surface area (TPSA) is 109 Å². The van der Waals surface area contributed by atoms with Crippen LogP contribution in [0.4, 0.5) is 0 Å². The molecule has 2 fully saturated rings. The van der Waals surface area contributed by atoms with Crippen LogP contribution in [0, 0.1) is 23.7 Å². The molecule has 0 aromatic rings. The molecule has 0 heterocycles. The van der Waals surface area contributed by atoms with Gasteiger partial charge in [0, 0.05) is 5.92 Å². The molecule has 0 bridgehead atoms. The number of rotatable bonds is 2. The van der Waals surface area contributed by atoms with Crippen molar-refractivity contribution in [2.75, 3.05) is 0 Å². The summed E-state index contributed by atoms with van der Waals surface area (Å²) in [7, 11) is -2.46. The Labute approximate surface area is 86.1 Å². The first-order valence-corrected chi connectivity index (χ1v) is 5.43. The summed E-state index contributed by atoms with van der Waals surface area (Å²) >= 11 is 0. The van der Waals surface area contributed by atoms with Gasteiger partial charge < -0.3 is 10.2 Å². The van der Waals surface area contributed by atoms with Crippen molar-refractivity contribution in [3.63, 3.8) is 0 Å². The third-order valence-electron chi connectivity index (χ3n) is 3.15. The number of hydrogen-bond acceptors (Lipinski definition) is 4. The molecule has 4 unspecified atom stereocenters. The van der Waals surface area contributed by atoms with Gasteiger partial charge in [-0.2, -0.15) is 8.42 Å². The third kappa shape index (κ3) is 1.34. The van der Waals surface area contributed by atoms with Crippen molar-refractivity contribution in [2.45, 2.75) is 6.42 Å². The van der Waals surface area contributed by atoms with E-state index in [4.69, 9.17) is 10.2 Å². The van der Waals surface area contributed by atoms with Crippen LogP contribution in [0.1, 0.15) is 6.42 Å². The number of fused-ring (bicyclic) bond motifs is 1. The second-order valence-electron chi connectivity index (χ2n) is 3.82. The number of carbonyl (C=O) groups is 2. The zero-order chi connectivity index (χ0) is 11.3. The molecule has 4 atom stereocenters. The average Bonchev–Trinajstić information content (AvgIpc) is 2.70. The van der Waals surface area contributed by atoms with E-state index in [9.17, 15) is 18.0 Å². The molecule has 2 aliphatic rings. The van der Waals surface area contributed by atoms with Gasteiger partial charge in [-0.3, -0.25) is 9.59 Å². The minimum atomic E-state index is -2.46. The lowest BCUT2D eigenvalue weighted by Crippen LogP contribution is -2.20. The fourth-order valence-electron chi connectivity index (χ4n) is 2.49. The SMILES string of the molecule is O=C(O)C1CC(=S(=O)=O)C2C(C(=O)O)C12. The standard InChI is InChI=1S/C8H8O6S/c9-7(10)2-1-3(15(13)14)5-4(2)6(5)8(11)12/h2,4-6H,1H2,(H,9,10)(H,11,12). The molecule has 2 N–H and O–H groups in total. The number of aliphatic carboxylic acids is 2. The molecule has 2 aliphatic carbocycles. The van der Waals surface area contributed by atoms with Gasteiger partial charge in [-0.1, -0.05) is 0 Å². The molecule has 2 rings (SSSR count). The van der Waals surface area contributed by atoms with E-state index in [1.165, 1.54) is 0 Å². The average molecular weight is 232 g/mol. The Bertz CT molecular complexity index is 467. The zero-order valence-electron chi connectivity index (χ0n) is 7.45. The Hall–Kier alpha value is -1.37. The Kier molecular flexibility index (Phi) is 2.07. The highest BCUT2D eigenvalue weighted by Crippen LogP contribution is 2.58. The third-order valence-corrected chi connectivity index (χ3v) is 4.02. The lowest BCUT2D eigenvalue weighted by Gasteiger charge is -2.06. The van der Waals surface area contributed by atoms with Gasteiger partial charge in [0.05, 0.1) is 16.7 Å². The van der Waals surface area contributed by atoms with Gasteiger partial charge in [0.25, 0.3) is 0 Å². The number of hydrogen-bond donors (Lipinski definition) is 2. The minimum Gasteiger partial charge on any atom is -0.481 e. The molecule has 2 saturated carbocycles. The summed E-state index contributed by atoms with van der Waals surface area (Å²) in [5.74, 6) is -5.03. The maximum atomic E-state index is 10.8. The summed E-state index contributed by atoms with van der Waals surface area (Å²) in [6.07, 6.45) is -0.0371. The first-order valence-electron chi connectivity index (χ1n) is 4.35. The van der Waals surface area contributed by atoms with E-state index in [2.05, 4.69) is 0 Å². The second kappa shape index (κ2) is 3.06. The van der Waals surface area contributed by atoms with Crippen LogP contribution in [0.15, 0.2) is 0 Å². The van der Waals surface area contributed by atoms with Crippen LogP contribution < -0.4 is 0 Å². The first-order chi connectivity index (χ1) is 6.95. The fraction of sp³-hybridized carbons (Fsp3) is 0.625. The molecule has 82 valence electrons. The Morgan fingerprint density at radius 1 is 1.20 bits per heavy atom. The molecule has 0 spiro atoms. The van der Waals surface area contributed by atoms with Crippen LogP contribution in [-0.4, -0.2) is 35.4 Å². The summed E-state index contributed by atoms with van der Waals surface area (Å²) in [6.45, 7) is 0. The molecular formula is C8H8O6S. The molecule has 15 heavy (non-hydrogen) atoms. The Morgan fingerprint density at radius 3 is 2.20 bits per heavy atom. The van der Waals surface area contributed by atoms with Gasteiger partial charge >= 0.3 is 11.9 Å². The maximum Gasteiger partial charge on any atom is 0.307 e. The molecule has 0 saturated heterocycles. The molecular weight excluding hydrogens is 224 g/mol. The predicted molar refractivity (Wildman–Crippen MR) is 47.8 cm³/mol. The van der Waals surface area contributed by atoms with Crippen LogP contribution in [-0.2, 0) is 19.9 Å². The highest BCUT2D eigenvalue weighted by atomic mass is 32.2. The van der Waals surface area contributed by atoms with E-state index in [0.29, 0.717) is 0 Å². The van der Waals surface area contributed by atoms with Gasteiger partial charge in [0.15, 0.2) is 0 Å². The highest BCUT2D eigenvalue weighted by molar-refractivity contribution is 7.73. The van der Waals surface area contributed by atoms with Crippen molar-refractivity contribution in [3.05, 3.63) is 0 Å². The number of carboxylic acid groups (broad SMARTS) is 2. The summed E-state index contributed by atoms with van der Waals surface area (Å²) < 4.78 is 21.5. The van der Waals surface area contributed by atoms with Crippen LogP contribution in [0.25, 0.3) is 0 Å². The van der Waals surface area contributed by atoms with E-state index < -0.39 is 45.9 Å². The lowest BCUT2D eigenvalue weighted by molar-refractivity contribution is -0.143. The van der Waals surface area contributed by atoms with E-state index >= 15 is 0 Å². The Morgan fingerprint density at radius 2 is 1.80 bits per heavy atom. The van der Waals surface area contributed by atoms with Crippen LogP contribution in [0.2, 0.25) is 0 Å². The molecule has 7 heteroatoms. The predicted octanol–water partition coefficient (Wildman–Crippen LogP) is -0.911. The van der Waals surface area contributed by atoms with Gasteiger partial charge in [-0.25, -0.2) is 0 Å². The second-order valence-corrected chi connectivity index (χ2v) is 4.81. The van der Waals surface area contributed by atoms with E-state index in [0.717, 1.165) is 0 Å². The smallest absolute Gasteiger partial charge is 0.307 e. The largest absolute Gasteiger partial charge is 0.481 e. The van der Waals surface area contributed by atoms with Crippen molar-refractivity contribution in [3.8, 4) is 0 Å². The minimum absolute atomic E-state index is 0.0371. The van der Waals surface area contributed by atoms with E-state index in [1.807, 2.05) is 0 Å². The molecule has 0 aliphatic heterocycles. The first kappa shape index (κ1) is 10.2. The fourth-order valence-corrected chi connectivity index (χ4v) is 3.33. The summed E-state index contributed by atoms with van der Waals surface area (Å²) in [5.41, 5.74) is 0. The summed E-state index contributed by atoms with van der Waals surface area (Å²) in [5, 5.41) is 17.6. The number of carboxylic acids is 2. The van der Waals surface area contributed by atoms with Gasteiger partial charge in [0.1, 0.15) is 0 Å². The van der Waals surface area contributed by atoms with Gasteiger partial charge in [0.2, 0.25) is 10.3 Å². The van der Waals surface area contributed by atoms with Crippen molar-refractivity contribution in [1.82, 2.24) is 0 Å². The summed E-state index contributed by atoms with van der Waals surface area (Å²) in [6, 6.07) is 0. The van der Waals surface area contributed by atoms with Crippen LogP contribution in [0.5, 0.6) is 0 Å². The van der Waals surface area contributed by atoms with Crippen molar-refractivity contribution in [2.24, 2.45) is 23.7 Å². The maximum absolute atomic E-state index is 10.8. The van der Waals surface area contributed by atoms with Crippen LogP contribution >= 0.6 is 0 Å². The van der Waals surface area contributed by atoms with E-state index in [1.54, 1.807) is 0 Å². The van der Waals surface area contributed by atoms with Gasteiger partial charge in [-0.15, -0.1) is 0 Å². The highest BCUT2D eigenvalue weighted by Gasteiger charge is 2.67.